The maximum atomic E-state index is 12.5. The molecule has 0 saturated carbocycles. The van der Waals surface area contributed by atoms with Crippen LogP contribution >= 0.6 is 11.6 Å². The van der Waals surface area contributed by atoms with Gasteiger partial charge in [0.2, 0.25) is 5.91 Å². The Kier molecular flexibility index (Phi) is 6.53. The number of carbonyl (C=O) groups is 1. The molecule has 0 unspecified atom stereocenters. The minimum atomic E-state index is -0.468. The number of hydrogen-bond acceptors (Lipinski definition) is 4. The first-order valence-corrected chi connectivity index (χ1v) is 8.37. The van der Waals surface area contributed by atoms with Crippen molar-refractivity contribution in [3.63, 3.8) is 0 Å². The molecule has 0 spiro atoms. The van der Waals surface area contributed by atoms with Crippen LogP contribution in [0.1, 0.15) is 25.5 Å². The van der Waals surface area contributed by atoms with Crippen LogP contribution in [-0.2, 0) is 4.79 Å². The van der Waals surface area contributed by atoms with Crippen LogP contribution in [0.4, 0.5) is 5.69 Å². The van der Waals surface area contributed by atoms with Crippen molar-refractivity contribution >= 4 is 23.2 Å². The van der Waals surface area contributed by atoms with Crippen molar-refractivity contribution in [2.24, 2.45) is 0 Å². The van der Waals surface area contributed by atoms with Crippen molar-refractivity contribution in [2.75, 3.05) is 19.5 Å². The fraction of sp³-hybridized carbons (Fsp3) is 0.316. The predicted molar refractivity (Wildman–Crippen MR) is 101 cm³/mol. The lowest BCUT2D eigenvalue weighted by Crippen LogP contribution is -2.38. The second-order valence-corrected chi connectivity index (χ2v) is 6.10. The van der Waals surface area contributed by atoms with E-state index >= 15 is 0 Å². The molecule has 2 aromatic rings. The highest BCUT2D eigenvalue weighted by Crippen LogP contribution is 2.36. The molecule has 1 amide bonds. The zero-order valence-electron chi connectivity index (χ0n) is 14.8. The Morgan fingerprint density at radius 1 is 1.04 bits per heavy atom. The van der Waals surface area contributed by atoms with Gasteiger partial charge >= 0.3 is 0 Å². The summed E-state index contributed by atoms with van der Waals surface area (Å²) in [5.74, 6) is 0.946. The van der Waals surface area contributed by atoms with Crippen molar-refractivity contribution in [1.29, 1.82) is 0 Å². The molecule has 2 N–H and O–H groups in total. The molecule has 6 heteroatoms. The van der Waals surface area contributed by atoms with E-state index in [0.717, 1.165) is 5.56 Å². The molecule has 0 aliphatic heterocycles. The van der Waals surface area contributed by atoms with Gasteiger partial charge in [0.05, 0.1) is 31.0 Å². The molecule has 0 heterocycles. The highest BCUT2D eigenvalue weighted by atomic mass is 35.5. The van der Waals surface area contributed by atoms with E-state index in [1.165, 1.54) is 7.11 Å². The summed E-state index contributed by atoms with van der Waals surface area (Å²) in [6.07, 6.45) is 0. The summed E-state index contributed by atoms with van der Waals surface area (Å²) in [6.45, 7) is 3.73. The van der Waals surface area contributed by atoms with Gasteiger partial charge in [0, 0.05) is 6.07 Å². The lowest BCUT2D eigenvalue weighted by atomic mass is 10.1. The van der Waals surface area contributed by atoms with E-state index in [0.29, 0.717) is 22.2 Å². The molecular formula is C19H23ClN2O3. The number of hydrogen-bond donors (Lipinski definition) is 2. The number of benzene rings is 2. The minimum absolute atomic E-state index is 0.0840. The van der Waals surface area contributed by atoms with Crippen LogP contribution in [0.25, 0.3) is 0 Å². The Labute approximate surface area is 153 Å². The van der Waals surface area contributed by atoms with Crippen molar-refractivity contribution in [2.45, 2.75) is 25.9 Å². The van der Waals surface area contributed by atoms with E-state index in [4.69, 9.17) is 21.1 Å². The maximum Gasteiger partial charge on any atom is 0.242 e. The Bertz CT molecular complexity index is 722. The van der Waals surface area contributed by atoms with Gasteiger partial charge in [-0.15, -0.1) is 0 Å². The van der Waals surface area contributed by atoms with Gasteiger partial charge in [-0.25, -0.2) is 0 Å². The van der Waals surface area contributed by atoms with Gasteiger partial charge in [-0.1, -0.05) is 41.9 Å². The number of amides is 1. The Balaban J connectivity index is 2.07. The first kappa shape index (κ1) is 18.9. The zero-order chi connectivity index (χ0) is 18.4. The normalized spacial score (nSPS) is 12.8. The number of anilines is 1. The van der Waals surface area contributed by atoms with E-state index in [1.54, 1.807) is 26.2 Å². The van der Waals surface area contributed by atoms with Crippen LogP contribution in [-0.4, -0.2) is 26.2 Å². The van der Waals surface area contributed by atoms with Crippen LogP contribution in [0.15, 0.2) is 42.5 Å². The minimum Gasteiger partial charge on any atom is -0.495 e. The summed E-state index contributed by atoms with van der Waals surface area (Å²) in [4.78, 5) is 12.5. The monoisotopic (exact) mass is 362 g/mol. The fourth-order valence-electron chi connectivity index (χ4n) is 2.44. The molecule has 2 atom stereocenters. The van der Waals surface area contributed by atoms with Gasteiger partial charge in [-0.2, -0.15) is 0 Å². The third-order valence-corrected chi connectivity index (χ3v) is 4.19. The van der Waals surface area contributed by atoms with Crippen molar-refractivity contribution in [1.82, 2.24) is 5.32 Å². The van der Waals surface area contributed by atoms with E-state index in [1.807, 2.05) is 37.3 Å². The van der Waals surface area contributed by atoms with Gasteiger partial charge < -0.3 is 20.1 Å². The first-order valence-electron chi connectivity index (χ1n) is 7.99. The number of methoxy groups -OCH3 is 2. The quantitative estimate of drug-likeness (QED) is 0.780. The molecule has 2 aromatic carbocycles. The van der Waals surface area contributed by atoms with Crippen molar-refractivity contribution in [3.05, 3.63) is 53.1 Å². The first-order chi connectivity index (χ1) is 12.0. The van der Waals surface area contributed by atoms with E-state index in [-0.39, 0.29) is 11.9 Å². The van der Waals surface area contributed by atoms with Gasteiger partial charge in [0.1, 0.15) is 17.5 Å². The number of carbonyl (C=O) groups excluding carboxylic acids is 1. The number of rotatable bonds is 7. The van der Waals surface area contributed by atoms with Crippen molar-refractivity contribution in [3.8, 4) is 11.5 Å². The molecule has 2 rings (SSSR count). The molecular weight excluding hydrogens is 340 g/mol. The summed E-state index contributed by atoms with van der Waals surface area (Å²) in [7, 11) is 3.09. The van der Waals surface area contributed by atoms with E-state index < -0.39 is 6.04 Å². The van der Waals surface area contributed by atoms with Crippen LogP contribution < -0.4 is 20.1 Å². The number of halogens is 1. The van der Waals surface area contributed by atoms with Crippen LogP contribution in [0, 0.1) is 0 Å². The van der Waals surface area contributed by atoms with Crippen LogP contribution in [0.5, 0.6) is 11.5 Å². The average Bonchev–Trinajstić information content (AvgIpc) is 2.62. The smallest absolute Gasteiger partial charge is 0.242 e. The Morgan fingerprint density at radius 2 is 1.68 bits per heavy atom. The Hall–Kier alpha value is -2.40. The standard InChI is InChI=1S/C19H23ClN2O3/c1-12(14-8-6-5-7-9-14)22-19(23)13(2)21-16-10-15(20)17(24-3)11-18(16)25-4/h5-13,21H,1-4H3,(H,22,23)/t12-,13+/m0/s1. The molecule has 0 bridgehead atoms. The van der Waals surface area contributed by atoms with Crippen LogP contribution in [0.2, 0.25) is 5.02 Å². The molecule has 0 fully saturated rings. The lowest BCUT2D eigenvalue weighted by Gasteiger charge is -2.21. The summed E-state index contributed by atoms with van der Waals surface area (Å²) < 4.78 is 10.5. The summed E-state index contributed by atoms with van der Waals surface area (Å²) >= 11 is 6.16. The molecule has 0 aliphatic rings. The molecule has 0 aromatic heterocycles. The zero-order valence-corrected chi connectivity index (χ0v) is 15.6. The summed E-state index contributed by atoms with van der Waals surface area (Å²) in [5.41, 5.74) is 1.68. The Morgan fingerprint density at radius 3 is 2.28 bits per heavy atom. The van der Waals surface area contributed by atoms with Crippen molar-refractivity contribution < 1.29 is 14.3 Å². The maximum absolute atomic E-state index is 12.5. The number of ether oxygens (including phenoxy) is 2. The van der Waals surface area contributed by atoms with E-state index in [9.17, 15) is 4.79 Å². The largest absolute Gasteiger partial charge is 0.495 e. The predicted octanol–water partition coefficient (Wildman–Crippen LogP) is 4.04. The van der Waals surface area contributed by atoms with Crippen LogP contribution in [0.3, 0.4) is 0 Å². The molecule has 0 radical (unpaired) electrons. The molecule has 0 aliphatic carbocycles. The van der Waals surface area contributed by atoms with E-state index in [2.05, 4.69) is 10.6 Å². The topological polar surface area (TPSA) is 59.6 Å². The van der Waals surface area contributed by atoms with Gasteiger partial charge in [-0.05, 0) is 25.5 Å². The molecule has 0 saturated heterocycles. The third kappa shape index (κ3) is 4.79. The SMILES string of the molecule is COc1cc(OC)c(N[C@H](C)C(=O)N[C@@H](C)c2ccccc2)cc1Cl. The summed E-state index contributed by atoms with van der Waals surface area (Å²) in [6, 6.07) is 12.6. The second-order valence-electron chi connectivity index (χ2n) is 5.69. The highest BCUT2D eigenvalue weighted by Gasteiger charge is 2.18. The molecule has 134 valence electrons. The second kappa shape index (κ2) is 8.62. The van der Waals surface area contributed by atoms with Gasteiger partial charge in [0.15, 0.2) is 0 Å². The average molecular weight is 363 g/mol. The molecule has 5 nitrogen and oxygen atoms in total. The highest BCUT2D eigenvalue weighted by molar-refractivity contribution is 6.32. The third-order valence-electron chi connectivity index (χ3n) is 3.90. The lowest BCUT2D eigenvalue weighted by molar-refractivity contribution is -0.122. The summed E-state index contributed by atoms with van der Waals surface area (Å²) in [5, 5.41) is 6.56. The number of nitrogens with one attached hydrogen (secondary N) is 2. The van der Waals surface area contributed by atoms with Gasteiger partial charge in [-0.3, -0.25) is 4.79 Å². The molecule has 25 heavy (non-hydrogen) atoms. The van der Waals surface area contributed by atoms with Gasteiger partial charge in [0.25, 0.3) is 0 Å². The fourth-order valence-corrected chi connectivity index (χ4v) is 2.68.